The van der Waals surface area contributed by atoms with Crippen LogP contribution in [0.15, 0.2) is 59.5 Å². The number of rotatable bonds is 6. The summed E-state index contributed by atoms with van der Waals surface area (Å²) in [7, 11) is 2.17. The van der Waals surface area contributed by atoms with Gasteiger partial charge in [0, 0.05) is 70.4 Å². The first-order chi connectivity index (χ1) is 19.0. The van der Waals surface area contributed by atoms with Crippen LogP contribution < -0.4 is 15.8 Å². The zero-order valence-electron chi connectivity index (χ0n) is 22.4. The molecular formula is C30H33IN6O2. The van der Waals surface area contributed by atoms with Crippen molar-refractivity contribution in [2.45, 2.75) is 32.4 Å². The quantitative estimate of drug-likeness (QED) is 0.297. The second kappa shape index (κ2) is 11.2. The maximum absolute atomic E-state index is 13.9. The van der Waals surface area contributed by atoms with E-state index < -0.39 is 0 Å². The van der Waals surface area contributed by atoms with Crippen LogP contribution in [0.4, 0.5) is 17.3 Å². The van der Waals surface area contributed by atoms with Gasteiger partial charge in [-0.05, 0) is 85.3 Å². The molecule has 0 aliphatic carbocycles. The van der Waals surface area contributed by atoms with Crippen LogP contribution in [0.25, 0.3) is 22.2 Å². The second-order valence-electron chi connectivity index (χ2n) is 10.5. The highest BCUT2D eigenvalue weighted by molar-refractivity contribution is 14.1. The van der Waals surface area contributed by atoms with Crippen LogP contribution in [0.5, 0.6) is 0 Å². The van der Waals surface area contributed by atoms with E-state index in [0.717, 1.165) is 65.8 Å². The predicted molar refractivity (Wildman–Crippen MR) is 165 cm³/mol. The third kappa shape index (κ3) is 5.53. The smallest absolute Gasteiger partial charge is 0.260 e. The molecule has 8 nitrogen and oxygen atoms in total. The number of anilines is 3. The number of nitrogens with one attached hydrogen (secondary N) is 1. The average molecular weight is 637 g/mol. The first kappa shape index (κ1) is 26.2. The van der Waals surface area contributed by atoms with Gasteiger partial charge in [-0.1, -0.05) is 18.2 Å². The van der Waals surface area contributed by atoms with Crippen molar-refractivity contribution in [2.24, 2.45) is 0 Å². The van der Waals surface area contributed by atoms with Crippen LogP contribution in [-0.2, 0) is 11.3 Å². The number of aromatic nitrogens is 3. The fourth-order valence-corrected chi connectivity index (χ4v) is 6.20. The van der Waals surface area contributed by atoms with E-state index in [1.54, 1.807) is 10.8 Å². The third-order valence-corrected chi connectivity index (χ3v) is 8.64. The lowest BCUT2D eigenvalue weighted by Gasteiger charge is -2.35. The molecule has 2 saturated heterocycles. The summed E-state index contributed by atoms with van der Waals surface area (Å²) in [6, 6.07) is 16.3. The minimum atomic E-state index is -0.0564. The van der Waals surface area contributed by atoms with Gasteiger partial charge in [0.25, 0.3) is 5.56 Å². The van der Waals surface area contributed by atoms with Crippen LogP contribution in [0.3, 0.4) is 0 Å². The number of likely N-dealkylation sites (N-methyl/N-ethyl adjacent to an activating group) is 1. The number of aryl methyl sites for hydroxylation is 1. The van der Waals surface area contributed by atoms with E-state index in [-0.39, 0.29) is 11.7 Å². The van der Waals surface area contributed by atoms with Crippen molar-refractivity contribution in [2.75, 3.05) is 50.1 Å². The van der Waals surface area contributed by atoms with Crippen molar-refractivity contribution >= 4 is 50.9 Å². The van der Waals surface area contributed by atoms with Gasteiger partial charge in [0.1, 0.15) is 5.65 Å². The van der Waals surface area contributed by atoms with Crippen molar-refractivity contribution in [3.63, 3.8) is 0 Å². The number of fused-ring (bicyclic) bond motifs is 1. The summed E-state index contributed by atoms with van der Waals surface area (Å²) >= 11 is 2.28. The van der Waals surface area contributed by atoms with Crippen molar-refractivity contribution < 1.29 is 4.74 Å². The molecule has 1 N–H and O–H groups in total. The van der Waals surface area contributed by atoms with Crippen molar-refractivity contribution in [3.8, 4) is 11.1 Å². The Bertz CT molecular complexity index is 1560. The van der Waals surface area contributed by atoms with Crippen molar-refractivity contribution in [1.29, 1.82) is 0 Å². The molecule has 0 spiro atoms. The van der Waals surface area contributed by atoms with Crippen LogP contribution >= 0.6 is 22.6 Å². The van der Waals surface area contributed by atoms with Gasteiger partial charge in [-0.3, -0.25) is 9.36 Å². The van der Waals surface area contributed by atoms with E-state index in [1.165, 1.54) is 11.3 Å². The summed E-state index contributed by atoms with van der Waals surface area (Å²) in [4.78, 5) is 28.1. The van der Waals surface area contributed by atoms with Gasteiger partial charge in [0.2, 0.25) is 5.95 Å². The number of piperazine rings is 1. The normalized spacial score (nSPS) is 18.1. The Morgan fingerprint density at radius 1 is 1.08 bits per heavy atom. The van der Waals surface area contributed by atoms with E-state index in [9.17, 15) is 4.79 Å². The summed E-state index contributed by atoms with van der Waals surface area (Å²) in [5.74, 6) is 0.469. The number of hydrogen-bond donors (Lipinski definition) is 1. The van der Waals surface area contributed by atoms with Gasteiger partial charge in [-0.15, -0.1) is 0 Å². The largest absolute Gasteiger partial charge is 0.376 e. The van der Waals surface area contributed by atoms with Crippen LogP contribution in [0.1, 0.15) is 18.4 Å². The Balaban J connectivity index is 1.35. The molecule has 2 fully saturated rings. The van der Waals surface area contributed by atoms with Crippen molar-refractivity contribution in [1.82, 2.24) is 19.4 Å². The number of benzene rings is 2. The molecule has 4 heterocycles. The summed E-state index contributed by atoms with van der Waals surface area (Å²) in [5, 5.41) is 4.20. The highest BCUT2D eigenvalue weighted by atomic mass is 127. The summed E-state index contributed by atoms with van der Waals surface area (Å²) in [6.45, 7) is 7.56. The molecule has 202 valence electrons. The highest BCUT2D eigenvalue weighted by Gasteiger charge is 2.21. The van der Waals surface area contributed by atoms with Gasteiger partial charge in [-0.25, -0.2) is 4.98 Å². The number of hydrogen-bond acceptors (Lipinski definition) is 7. The third-order valence-electron chi connectivity index (χ3n) is 7.70. The van der Waals surface area contributed by atoms with Gasteiger partial charge in [0.05, 0.1) is 12.6 Å². The summed E-state index contributed by atoms with van der Waals surface area (Å²) in [6.07, 6.45) is 3.77. The molecule has 6 rings (SSSR count). The molecule has 2 aromatic heterocycles. The molecule has 2 aromatic carbocycles. The van der Waals surface area contributed by atoms with Crippen molar-refractivity contribution in [3.05, 3.63) is 74.2 Å². The standard InChI is InChI=1S/C30H33IN6O2/c1-20-16-22(9-10-27(20)36-13-11-35(2)12-14-36)33-30-32-18-21-17-25(24-7-3-4-8-26(24)31)29(38)37(28(21)34-30)19-23-6-5-15-39-23/h3-4,7-10,16-18,23H,5-6,11-15,19H2,1-2H3,(H,32,33,34)/t23-/m1/s1. The van der Waals surface area contributed by atoms with E-state index in [1.807, 2.05) is 30.3 Å². The Hall–Kier alpha value is -3.02. The molecule has 1 atom stereocenters. The molecular weight excluding hydrogens is 603 g/mol. The Morgan fingerprint density at radius 3 is 2.64 bits per heavy atom. The zero-order chi connectivity index (χ0) is 26.9. The summed E-state index contributed by atoms with van der Waals surface area (Å²) < 4.78 is 8.72. The van der Waals surface area contributed by atoms with E-state index in [0.29, 0.717) is 23.7 Å². The maximum Gasteiger partial charge on any atom is 0.260 e. The fourth-order valence-electron chi connectivity index (χ4n) is 5.52. The van der Waals surface area contributed by atoms with Crippen LogP contribution in [0.2, 0.25) is 0 Å². The Kier molecular flexibility index (Phi) is 7.55. The number of ether oxygens (including phenoxy) is 1. The number of halogens is 1. The summed E-state index contributed by atoms with van der Waals surface area (Å²) in [5.41, 5.74) is 5.54. The van der Waals surface area contributed by atoms with Gasteiger partial charge < -0.3 is 19.9 Å². The molecule has 0 unspecified atom stereocenters. The lowest BCUT2D eigenvalue weighted by atomic mass is 10.1. The lowest BCUT2D eigenvalue weighted by Crippen LogP contribution is -2.44. The van der Waals surface area contributed by atoms with E-state index in [4.69, 9.17) is 9.72 Å². The van der Waals surface area contributed by atoms with Crippen LogP contribution in [0, 0.1) is 10.5 Å². The molecule has 4 aromatic rings. The molecule has 0 radical (unpaired) electrons. The first-order valence-corrected chi connectivity index (χ1v) is 14.6. The molecule has 9 heteroatoms. The molecule has 0 bridgehead atoms. The highest BCUT2D eigenvalue weighted by Crippen LogP contribution is 2.28. The zero-order valence-corrected chi connectivity index (χ0v) is 24.5. The lowest BCUT2D eigenvalue weighted by molar-refractivity contribution is 0.0971. The van der Waals surface area contributed by atoms with Gasteiger partial charge in [0.15, 0.2) is 0 Å². The number of pyridine rings is 1. The molecule has 2 aliphatic heterocycles. The Morgan fingerprint density at radius 2 is 1.90 bits per heavy atom. The monoisotopic (exact) mass is 636 g/mol. The molecule has 0 saturated carbocycles. The van der Waals surface area contributed by atoms with Gasteiger partial charge >= 0.3 is 0 Å². The number of nitrogens with zero attached hydrogens (tertiary/aromatic N) is 5. The SMILES string of the molecule is Cc1cc(Nc2ncc3cc(-c4ccccc4I)c(=O)n(C[C@H]4CCCO4)c3n2)ccc1N1CCN(C)CC1. The van der Waals surface area contributed by atoms with E-state index >= 15 is 0 Å². The second-order valence-corrected chi connectivity index (χ2v) is 11.6. The molecule has 2 aliphatic rings. The van der Waals surface area contributed by atoms with Gasteiger partial charge in [-0.2, -0.15) is 4.98 Å². The van der Waals surface area contributed by atoms with E-state index in [2.05, 4.69) is 74.9 Å². The molecule has 39 heavy (non-hydrogen) atoms. The topological polar surface area (TPSA) is 75.5 Å². The van der Waals surface area contributed by atoms with Crippen LogP contribution in [-0.4, -0.2) is 65.4 Å². The average Bonchev–Trinajstić information content (AvgIpc) is 3.45. The molecule has 0 amide bonds. The maximum atomic E-state index is 13.9. The first-order valence-electron chi connectivity index (χ1n) is 13.5. The predicted octanol–water partition coefficient (Wildman–Crippen LogP) is 5.05. The minimum absolute atomic E-state index is 0.00661. The Labute approximate surface area is 242 Å². The fraction of sp³-hybridized carbons (Fsp3) is 0.367. The minimum Gasteiger partial charge on any atom is -0.376 e.